The summed E-state index contributed by atoms with van der Waals surface area (Å²) in [5.74, 6) is 0.960. The number of fused-ring (bicyclic) bond motifs is 1. The highest BCUT2D eigenvalue weighted by molar-refractivity contribution is 7.18. The summed E-state index contributed by atoms with van der Waals surface area (Å²) in [4.78, 5) is 11.0. The zero-order valence-corrected chi connectivity index (χ0v) is 11.3. The van der Waals surface area contributed by atoms with E-state index in [0.717, 1.165) is 23.6 Å². The molecule has 2 aromatic rings. The minimum atomic E-state index is 0.908. The van der Waals surface area contributed by atoms with Crippen LogP contribution in [0.1, 0.15) is 23.8 Å². The Kier molecular flexibility index (Phi) is 3.74. The van der Waals surface area contributed by atoms with Crippen molar-refractivity contribution in [1.82, 2.24) is 9.97 Å². The molecule has 2 rings (SSSR count). The van der Waals surface area contributed by atoms with Crippen LogP contribution in [0.2, 0.25) is 0 Å². The number of anilines is 1. The molecule has 0 aliphatic rings. The maximum Gasteiger partial charge on any atom is 0.138 e. The van der Waals surface area contributed by atoms with Crippen LogP contribution in [0.3, 0.4) is 0 Å². The van der Waals surface area contributed by atoms with Gasteiger partial charge in [-0.15, -0.1) is 11.3 Å². The zero-order chi connectivity index (χ0) is 12.3. The number of hydrogen-bond donors (Lipinski definition) is 1. The smallest absolute Gasteiger partial charge is 0.138 e. The largest absolute Gasteiger partial charge is 0.369 e. The van der Waals surface area contributed by atoms with Crippen molar-refractivity contribution in [3.63, 3.8) is 0 Å². The highest BCUT2D eigenvalue weighted by Gasteiger charge is 2.10. The Bertz CT molecular complexity index is 543. The fourth-order valence-electron chi connectivity index (χ4n) is 1.76. The summed E-state index contributed by atoms with van der Waals surface area (Å²) in [6.07, 6.45) is 6.87. The number of thiophene rings is 1. The Hall–Kier alpha value is -1.42. The van der Waals surface area contributed by atoms with Gasteiger partial charge in [-0.05, 0) is 32.8 Å². The van der Waals surface area contributed by atoms with E-state index in [-0.39, 0.29) is 0 Å². The number of hydrogen-bond acceptors (Lipinski definition) is 4. The minimum Gasteiger partial charge on any atom is -0.369 e. The average molecular weight is 247 g/mol. The van der Waals surface area contributed by atoms with Crippen LogP contribution < -0.4 is 5.32 Å². The Labute approximate surface area is 106 Å². The van der Waals surface area contributed by atoms with Crippen molar-refractivity contribution in [2.75, 3.05) is 11.9 Å². The summed E-state index contributed by atoms with van der Waals surface area (Å²) >= 11 is 1.73. The Morgan fingerprint density at radius 2 is 2.18 bits per heavy atom. The topological polar surface area (TPSA) is 37.8 Å². The average Bonchev–Trinajstić information content (AvgIpc) is 2.62. The highest BCUT2D eigenvalue weighted by atomic mass is 32.1. The lowest BCUT2D eigenvalue weighted by molar-refractivity contribution is 1.04. The molecular weight excluding hydrogens is 230 g/mol. The van der Waals surface area contributed by atoms with E-state index < -0.39 is 0 Å². The molecule has 0 saturated carbocycles. The Balaban J connectivity index is 2.27. The standard InChI is InChI=1S/C13H17N3S/c1-4-5-6-7-14-12-11-9(2)10(3)17-13(11)16-8-15-12/h4-5,8H,6-7H2,1-3H3,(H,14,15,16)/b5-4+. The second-order valence-corrected chi connectivity index (χ2v) is 5.17. The molecule has 0 bridgehead atoms. The monoisotopic (exact) mass is 247 g/mol. The molecule has 0 spiro atoms. The summed E-state index contributed by atoms with van der Waals surface area (Å²) in [6, 6.07) is 0. The maximum absolute atomic E-state index is 4.34. The van der Waals surface area contributed by atoms with E-state index in [1.54, 1.807) is 17.7 Å². The first-order valence-corrected chi connectivity index (χ1v) is 6.61. The van der Waals surface area contributed by atoms with Gasteiger partial charge in [-0.2, -0.15) is 0 Å². The molecule has 0 atom stereocenters. The van der Waals surface area contributed by atoms with E-state index in [1.165, 1.54) is 15.8 Å². The molecule has 0 aliphatic carbocycles. The van der Waals surface area contributed by atoms with Crippen molar-refractivity contribution in [3.8, 4) is 0 Å². The van der Waals surface area contributed by atoms with Crippen LogP contribution in [0, 0.1) is 13.8 Å². The second kappa shape index (κ2) is 5.27. The van der Waals surface area contributed by atoms with Crippen molar-refractivity contribution in [1.29, 1.82) is 0 Å². The minimum absolute atomic E-state index is 0.908. The van der Waals surface area contributed by atoms with Crippen molar-refractivity contribution in [3.05, 3.63) is 28.9 Å². The van der Waals surface area contributed by atoms with Gasteiger partial charge in [0.1, 0.15) is 17.0 Å². The third-order valence-corrected chi connectivity index (χ3v) is 3.92. The molecule has 90 valence electrons. The molecule has 0 saturated heterocycles. The molecule has 0 amide bonds. The summed E-state index contributed by atoms with van der Waals surface area (Å²) in [5, 5.41) is 4.56. The predicted octanol–water partition coefficient (Wildman–Crippen LogP) is 3.69. The van der Waals surface area contributed by atoms with Crippen molar-refractivity contribution in [2.45, 2.75) is 27.2 Å². The fraction of sp³-hybridized carbons (Fsp3) is 0.385. The van der Waals surface area contributed by atoms with Gasteiger partial charge in [-0.25, -0.2) is 9.97 Å². The van der Waals surface area contributed by atoms with Gasteiger partial charge in [0, 0.05) is 11.4 Å². The Morgan fingerprint density at radius 3 is 2.94 bits per heavy atom. The zero-order valence-electron chi connectivity index (χ0n) is 10.4. The van der Waals surface area contributed by atoms with E-state index in [1.807, 2.05) is 6.92 Å². The van der Waals surface area contributed by atoms with Crippen molar-refractivity contribution in [2.24, 2.45) is 0 Å². The van der Waals surface area contributed by atoms with Crippen LogP contribution in [0.4, 0.5) is 5.82 Å². The van der Waals surface area contributed by atoms with Gasteiger partial charge in [0.25, 0.3) is 0 Å². The normalized spacial score (nSPS) is 11.5. The number of aromatic nitrogens is 2. The summed E-state index contributed by atoms with van der Waals surface area (Å²) < 4.78 is 0. The lowest BCUT2D eigenvalue weighted by Gasteiger charge is -2.05. The lowest BCUT2D eigenvalue weighted by atomic mass is 10.2. The van der Waals surface area contributed by atoms with E-state index in [2.05, 4.69) is 41.3 Å². The number of nitrogens with zero attached hydrogens (tertiary/aromatic N) is 2. The molecule has 17 heavy (non-hydrogen) atoms. The van der Waals surface area contributed by atoms with E-state index >= 15 is 0 Å². The van der Waals surface area contributed by atoms with Gasteiger partial charge in [0.15, 0.2) is 0 Å². The Morgan fingerprint density at radius 1 is 1.35 bits per heavy atom. The van der Waals surface area contributed by atoms with Crippen LogP contribution in [0.5, 0.6) is 0 Å². The molecule has 1 N–H and O–H groups in total. The summed E-state index contributed by atoms with van der Waals surface area (Å²) in [5.41, 5.74) is 1.29. The maximum atomic E-state index is 4.34. The number of rotatable bonds is 4. The summed E-state index contributed by atoms with van der Waals surface area (Å²) in [6.45, 7) is 7.21. The SMILES string of the molecule is C/C=C/CCNc1ncnc2sc(C)c(C)c12. The molecule has 0 fully saturated rings. The fourth-order valence-corrected chi connectivity index (χ4v) is 2.75. The van der Waals surface area contributed by atoms with Crippen LogP contribution >= 0.6 is 11.3 Å². The third-order valence-electron chi connectivity index (χ3n) is 2.80. The first kappa shape index (κ1) is 12.0. The van der Waals surface area contributed by atoms with Gasteiger partial charge in [0.05, 0.1) is 5.39 Å². The molecule has 0 aromatic carbocycles. The second-order valence-electron chi connectivity index (χ2n) is 3.97. The van der Waals surface area contributed by atoms with Gasteiger partial charge in [-0.3, -0.25) is 0 Å². The van der Waals surface area contributed by atoms with Gasteiger partial charge < -0.3 is 5.32 Å². The summed E-state index contributed by atoms with van der Waals surface area (Å²) in [7, 11) is 0. The van der Waals surface area contributed by atoms with Gasteiger partial charge >= 0.3 is 0 Å². The van der Waals surface area contributed by atoms with Gasteiger partial charge in [-0.1, -0.05) is 12.2 Å². The molecule has 0 radical (unpaired) electrons. The van der Waals surface area contributed by atoms with Crippen LogP contribution in [0.25, 0.3) is 10.2 Å². The first-order valence-electron chi connectivity index (χ1n) is 5.79. The molecule has 2 heterocycles. The molecule has 0 aliphatic heterocycles. The molecular formula is C13H17N3S. The quantitative estimate of drug-likeness (QED) is 0.661. The number of allylic oxidation sites excluding steroid dienone is 1. The van der Waals surface area contributed by atoms with Crippen LogP contribution in [-0.4, -0.2) is 16.5 Å². The van der Waals surface area contributed by atoms with Crippen molar-refractivity contribution < 1.29 is 0 Å². The van der Waals surface area contributed by atoms with Gasteiger partial charge in [0.2, 0.25) is 0 Å². The molecule has 3 nitrogen and oxygen atoms in total. The first-order chi connectivity index (χ1) is 8.24. The van der Waals surface area contributed by atoms with Crippen LogP contribution in [0.15, 0.2) is 18.5 Å². The number of aryl methyl sites for hydroxylation is 2. The van der Waals surface area contributed by atoms with E-state index in [0.29, 0.717) is 0 Å². The molecule has 0 unspecified atom stereocenters. The van der Waals surface area contributed by atoms with Crippen LogP contribution in [-0.2, 0) is 0 Å². The lowest BCUT2D eigenvalue weighted by Crippen LogP contribution is -2.03. The van der Waals surface area contributed by atoms with E-state index in [4.69, 9.17) is 0 Å². The number of nitrogens with one attached hydrogen (secondary N) is 1. The predicted molar refractivity (Wildman–Crippen MR) is 74.8 cm³/mol. The highest BCUT2D eigenvalue weighted by Crippen LogP contribution is 2.32. The molecule has 2 aromatic heterocycles. The third kappa shape index (κ3) is 2.47. The van der Waals surface area contributed by atoms with E-state index in [9.17, 15) is 0 Å². The van der Waals surface area contributed by atoms with Crippen molar-refractivity contribution >= 4 is 27.4 Å². The molecule has 4 heteroatoms.